The van der Waals surface area contributed by atoms with Crippen LogP contribution in [0.15, 0.2) is 18.2 Å². The van der Waals surface area contributed by atoms with E-state index in [0.717, 1.165) is 24.0 Å². The molecule has 0 amide bonds. The van der Waals surface area contributed by atoms with E-state index in [1.54, 1.807) is 0 Å². The van der Waals surface area contributed by atoms with E-state index >= 15 is 0 Å². The first-order valence-electron chi connectivity index (χ1n) is 4.60. The number of halogens is 1. The van der Waals surface area contributed by atoms with Gasteiger partial charge < -0.3 is 5.73 Å². The molecule has 0 aliphatic heterocycles. The predicted octanol–water partition coefficient (Wildman–Crippen LogP) is 2.41. The van der Waals surface area contributed by atoms with Crippen LogP contribution in [0.25, 0.3) is 0 Å². The number of benzene rings is 1. The van der Waals surface area contributed by atoms with Gasteiger partial charge in [-0.1, -0.05) is 18.2 Å². The van der Waals surface area contributed by atoms with Crippen LogP contribution in [0.3, 0.4) is 0 Å². The highest BCUT2D eigenvalue weighted by atomic mass is 19.1. The molecule has 2 heteroatoms. The van der Waals surface area contributed by atoms with Crippen LogP contribution in [0.4, 0.5) is 4.39 Å². The van der Waals surface area contributed by atoms with Crippen molar-refractivity contribution in [2.24, 2.45) is 5.73 Å². The molecule has 0 spiro atoms. The van der Waals surface area contributed by atoms with E-state index in [9.17, 15) is 4.39 Å². The van der Waals surface area contributed by atoms with Gasteiger partial charge in [-0.3, -0.25) is 0 Å². The predicted molar refractivity (Wildman–Crippen MR) is 51.1 cm³/mol. The largest absolute Gasteiger partial charge is 0.321 e. The van der Waals surface area contributed by atoms with Gasteiger partial charge >= 0.3 is 0 Å². The van der Waals surface area contributed by atoms with E-state index in [0.29, 0.717) is 0 Å². The summed E-state index contributed by atoms with van der Waals surface area (Å²) in [5.74, 6) is 0. The Labute approximate surface area is 77.8 Å². The first-order valence-corrected chi connectivity index (χ1v) is 4.60. The lowest BCUT2D eigenvalue weighted by Gasteiger charge is -2.13. The quantitative estimate of drug-likeness (QED) is 0.741. The molecule has 2 N–H and O–H groups in total. The van der Waals surface area contributed by atoms with Gasteiger partial charge in [0, 0.05) is 5.54 Å². The van der Waals surface area contributed by atoms with Crippen molar-refractivity contribution in [1.29, 1.82) is 0 Å². The van der Waals surface area contributed by atoms with Crippen LogP contribution < -0.4 is 5.73 Å². The monoisotopic (exact) mass is 179 g/mol. The summed E-state index contributed by atoms with van der Waals surface area (Å²) in [5, 5.41) is 0. The van der Waals surface area contributed by atoms with E-state index in [1.807, 2.05) is 25.1 Å². The Hall–Kier alpha value is -0.890. The fraction of sp³-hybridized carbons (Fsp3) is 0.455. The van der Waals surface area contributed by atoms with Gasteiger partial charge in [0.2, 0.25) is 0 Å². The molecule has 1 aromatic carbocycles. The molecule has 0 unspecified atom stereocenters. The van der Waals surface area contributed by atoms with E-state index < -0.39 is 6.67 Å². The number of nitrogens with two attached hydrogens (primary N) is 1. The van der Waals surface area contributed by atoms with E-state index in [2.05, 4.69) is 0 Å². The molecule has 1 saturated carbocycles. The van der Waals surface area contributed by atoms with Gasteiger partial charge in [0.05, 0.1) is 0 Å². The van der Waals surface area contributed by atoms with Crippen molar-refractivity contribution in [1.82, 2.24) is 0 Å². The lowest BCUT2D eigenvalue weighted by atomic mass is 9.98. The first-order chi connectivity index (χ1) is 6.15. The van der Waals surface area contributed by atoms with Crippen LogP contribution in [-0.2, 0) is 12.2 Å². The van der Waals surface area contributed by atoms with Crippen molar-refractivity contribution in [2.75, 3.05) is 0 Å². The maximum atomic E-state index is 12.4. The summed E-state index contributed by atoms with van der Waals surface area (Å²) < 4.78 is 12.4. The molecule has 1 aliphatic rings. The third-order valence-electron chi connectivity index (χ3n) is 2.78. The van der Waals surface area contributed by atoms with E-state index in [4.69, 9.17) is 5.73 Å². The lowest BCUT2D eigenvalue weighted by molar-refractivity contribution is 0.484. The number of aryl methyl sites for hydroxylation is 1. The van der Waals surface area contributed by atoms with Gasteiger partial charge in [-0.25, -0.2) is 4.39 Å². The van der Waals surface area contributed by atoms with Crippen LogP contribution in [-0.4, -0.2) is 0 Å². The van der Waals surface area contributed by atoms with Crippen molar-refractivity contribution in [3.63, 3.8) is 0 Å². The number of hydrogen-bond acceptors (Lipinski definition) is 1. The first kappa shape index (κ1) is 8.70. The van der Waals surface area contributed by atoms with E-state index in [-0.39, 0.29) is 5.54 Å². The highest BCUT2D eigenvalue weighted by Gasteiger charge is 2.40. The minimum Gasteiger partial charge on any atom is -0.321 e. The molecule has 0 radical (unpaired) electrons. The van der Waals surface area contributed by atoms with Crippen LogP contribution in [0, 0.1) is 6.92 Å². The van der Waals surface area contributed by atoms with Crippen molar-refractivity contribution < 1.29 is 4.39 Å². The van der Waals surface area contributed by atoms with Gasteiger partial charge in [0.1, 0.15) is 6.67 Å². The minimum absolute atomic E-state index is 0.144. The van der Waals surface area contributed by atoms with Crippen molar-refractivity contribution >= 4 is 0 Å². The van der Waals surface area contributed by atoms with Gasteiger partial charge in [-0.15, -0.1) is 0 Å². The van der Waals surface area contributed by atoms with Crippen LogP contribution in [0.2, 0.25) is 0 Å². The zero-order valence-electron chi connectivity index (χ0n) is 7.81. The Morgan fingerprint density at radius 1 is 1.46 bits per heavy atom. The number of alkyl halides is 1. The molecule has 1 aliphatic carbocycles. The topological polar surface area (TPSA) is 26.0 Å². The Balaban J connectivity index is 2.43. The molecular formula is C11H14FN. The van der Waals surface area contributed by atoms with Gasteiger partial charge in [-0.05, 0) is 36.5 Å². The van der Waals surface area contributed by atoms with Crippen LogP contribution in [0.5, 0.6) is 0 Å². The SMILES string of the molecule is Cc1ccc(CF)cc1C1(N)CC1. The average Bonchev–Trinajstić information content (AvgIpc) is 2.86. The molecule has 1 fully saturated rings. The van der Waals surface area contributed by atoms with Crippen molar-refractivity contribution in [2.45, 2.75) is 32.0 Å². The molecule has 13 heavy (non-hydrogen) atoms. The number of rotatable bonds is 2. The molecule has 2 rings (SSSR count). The summed E-state index contributed by atoms with van der Waals surface area (Å²) in [6.07, 6.45) is 2.06. The molecule has 0 atom stereocenters. The molecule has 0 aromatic heterocycles. The van der Waals surface area contributed by atoms with Gasteiger partial charge in [-0.2, -0.15) is 0 Å². The summed E-state index contributed by atoms with van der Waals surface area (Å²) in [5.41, 5.74) is 8.97. The Morgan fingerprint density at radius 3 is 2.69 bits per heavy atom. The fourth-order valence-electron chi connectivity index (χ4n) is 1.69. The van der Waals surface area contributed by atoms with Crippen molar-refractivity contribution in [3.8, 4) is 0 Å². The zero-order chi connectivity index (χ0) is 9.47. The smallest absolute Gasteiger partial charge is 0.115 e. The molecule has 70 valence electrons. The molecule has 1 nitrogen and oxygen atoms in total. The zero-order valence-corrected chi connectivity index (χ0v) is 7.81. The summed E-state index contributed by atoms with van der Waals surface area (Å²) in [6.45, 7) is 1.63. The Kier molecular flexibility index (Phi) is 1.88. The number of hydrogen-bond donors (Lipinski definition) is 1. The summed E-state index contributed by atoms with van der Waals surface area (Å²) in [4.78, 5) is 0. The summed E-state index contributed by atoms with van der Waals surface area (Å²) >= 11 is 0. The van der Waals surface area contributed by atoms with Crippen LogP contribution >= 0.6 is 0 Å². The second-order valence-electron chi connectivity index (χ2n) is 3.94. The Morgan fingerprint density at radius 2 is 2.15 bits per heavy atom. The van der Waals surface area contributed by atoms with E-state index in [1.165, 1.54) is 5.56 Å². The molecule has 1 aromatic rings. The normalized spacial score (nSPS) is 18.7. The Bertz CT molecular complexity index is 329. The molecule has 0 heterocycles. The average molecular weight is 179 g/mol. The summed E-state index contributed by atoms with van der Waals surface area (Å²) in [6, 6.07) is 5.68. The highest BCUT2D eigenvalue weighted by molar-refractivity contribution is 5.39. The summed E-state index contributed by atoms with van der Waals surface area (Å²) in [7, 11) is 0. The molecule has 0 saturated heterocycles. The second kappa shape index (κ2) is 2.81. The van der Waals surface area contributed by atoms with Crippen LogP contribution in [0.1, 0.15) is 29.5 Å². The fourth-order valence-corrected chi connectivity index (χ4v) is 1.69. The minimum atomic E-state index is -0.399. The molecular weight excluding hydrogens is 165 g/mol. The van der Waals surface area contributed by atoms with Gasteiger partial charge in [0.25, 0.3) is 0 Å². The maximum Gasteiger partial charge on any atom is 0.115 e. The third kappa shape index (κ3) is 1.46. The highest BCUT2D eigenvalue weighted by Crippen LogP contribution is 2.44. The molecule has 0 bridgehead atoms. The standard InChI is InChI=1S/C11H14FN/c1-8-2-3-9(7-12)6-10(8)11(13)4-5-11/h2-3,6H,4-5,7,13H2,1H3. The lowest BCUT2D eigenvalue weighted by Crippen LogP contribution is -2.20. The van der Waals surface area contributed by atoms with Crippen molar-refractivity contribution in [3.05, 3.63) is 34.9 Å². The maximum absolute atomic E-state index is 12.4. The van der Waals surface area contributed by atoms with Gasteiger partial charge in [0.15, 0.2) is 0 Å². The third-order valence-corrected chi connectivity index (χ3v) is 2.78. The second-order valence-corrected chi connectivity index (χ2v) is 3.94.